The third-order valence-corrected chi connectivity index (χ3v) is 4.88. The van der Waals surface area contributed by atoms with Crippen LogP contribution in [0.15, 0.2) is 60.7 Å². The molecule has 6 heteroatoms. The van der Waals surface area contributed by atoms with Gasteiger partial charge in [-0.15, -0.1) is 0 Å². The maximum Gasteiger partial charge on any atom is 0.179 e. The van der Waals surface area contributed by atoms with E-state index in [-0.39, 0.29) is 0 Å². The number of aryl methyl sites for hydroxylation is 4. The lowest BCUT2D eigenvalue weighted by atomic mass is 10.1. The molecule has 150 valence electrons. The Morgan fingerprint density at radius 3 is 1.90 bits per heavy atom. The van der Waals surface area contributed by atoms with Crippen LogP contribution in [0.3, 0.4) is 0 Å². The van der Waals surface area contributed by atoms with E-state index in [9.17, 15) is 0 Å². The summed E-state index contributed by atoms with van der Waals surface area (Å²) in [7, 11) is 0. The summed E-state index contributed by atoms with van der Waals surface area (Å²) in [6.07, 6.45) is 2.67. The predicted octanol–water partition coefficient (Wildman–Crippen LogP) is 5.44. The second kappa shape index (κ2) is 9.09. The first-order valence-electron chi connectivity index (χ1n) is 9.94. The minimum Gasteiger partial charge on any atom is -0.251 e. The van der Waals surface area contributed by atoms with Crippen LogP contribution >= 0.6 is 11.6 Å². The molecule has 0 aromatic carbocycles. The molecule has 4 aromatic heterocycles. The van der Waals surface area contributed by atoms with Gasteiger partial charge in [-0.25, -0.2) is 15.0 Å². The van der Waals surface area contributed by atoms with Crippen LogP contribution in [-0.2, 0) is 12.8 Å². The maximum absolute atomic E-state index is 6.07. The molecule has 0 saturated carbocycles. The SMILES string of the molecule is Cc1cccc(-c2cccc(CCCc3cccc(-c4nc(C)cc(Cl)n4)n3)n2)n1. The van der Waals surface area contributed by atoms with Gasteiger partial charge >= 0.3 is 0 Å². The molecule has 0 fully saturated rings. The fraction of sp³-hybridized carbons (Fsp3) is 0.208. The van der Waals surface area contributed by atoms with Gasteiger partial charge in [-0.2, -0.15) is 0 Å². The van der Waals surface area contributed by atoms with Gasteiger partial charge in [0.1, 0.15) is 10.8 Å². The van der Waals surface area contributed by atoms with Gasteiger partial charge in [0.25, 0.3) is 0 Å². The van der Waals surface area contributed by atoms with Crippen LogP contribution < -0.4 is 0 Å². The largest absolute Gasteiger partial charge is 0.251 e. The van der Waals surface area contributed by atoms with Gasteiger partial charge in [-0.1, -0.05) is 29.8 Å². The van der Waals surface area contributed by atoms with Crippen molar-refractivity contribution in [2.45, 2.75) is 33.1 Å². The third kappa shape index (κ3) is 5.05. The second-order valence-electron chi connectivity index (χ2n) is 7.20. The van der Waals surface area contributed by atoms with Gasteiger partial charge in [0.2, 0.25) is 0 Å². The Morgan fingerprint density at radius 2 is 1.23 bits per heavy atom. The zero-order valence-corrected chi connectivity index (χ0v) is 17.8. The van der Waals surface area contributed by atoms with Crippen molar-refractivity contribution in [3.63, 3.8) is 0 Å². The second-order valence-corrected chi connectivity index (χ2v) is 7.59. The van der Waals surface area contributed by atoms with Crippen LogP contribution in [0.2, 0.25) is 5.15 Å². The molecule has 5 nitrogen and oxygen atoms in total. The third-order valence-electron chi connectivity index (χ3n) is 4.68. The lowest BCUT2D eigenvalue weighted by Crippen LogP contribution is -1.99. The molecule has 0 bridgehead atoms. The molecule has 4 rings (SSSR count). The van der Waals surface area contributed by atoms with Crippen molar-refractivity contribution in [1.29, 1.82) is 0 Å². The molecule has 0 radical (unpaired) electrons. The highest BCUT2D eigenvalue weighted by Gasteiger charge is 2.08. The zero-order valence-electron chi connectivity index (χ0n) is 17.0. The first-order chi connectivity index (χ1) is 14.6. The molecule has 0 atom stereocenters. The highest BCUT2D eigenvalue weighted by molar-refractivity contribution is 6.29. The molecular formula is C24H22ClN5. The van der Waals surface area contributed by atoms with Crippen molar-refractivity contribution in [2.75, 3.05) is 0 Å². The first kappa shape index (κ1) is 20.1. The van der Waals surface area contributed by atoms with Crippen molar-refractivity contribution in [2.24, 2.45) is 0 Å². The highest BCUT2D eigenvalue weighted by atomic mass is 35.5. The molecule has 0 aliphatic carbocycles. The fourth-order valence-electron chi connectivity index (χ4n) is 3.29. The Balaban J connectivity index is 1.43. The minimum absolute atomic E-state index is 0.429. The number of hydrogen-bond donors (Lipinski definition) is 0. The van der Waals surface area contributed by atoms with E-state index in [1.54, 1.807) is 6.07 Å². The molecule has 30 heavy (non-hydrogen) atoms. The lowest BCUT2D eigenvalue weighted by molar-refractivity contribution is 0.782. The Morgan fingerprint density at radius 1 is 0.633 bits per heavy atom. The summed E-state index contributed by atoms with van der Waals surface area (Å²) in [4.78, 5) is 22.8. The van der Waals surface area contributed by atoms with Crippen LogP contribution in [-0.4, -0.2) is 24.9 Å². The summed E-state index contributed by atoms with van der Waals surface area (Å²) < 4.78 is 0. The van der Waals surface area contributed by atoms with Gasteiger partial charge in [0.15, 0.2) is 5.82 Å². The monoisotopic (exact) mass is 415 g/mol. The summed E-state index contributed by atoms with van der Waals surface area (Å²) in [5.41, 5.74) is 6.43. The van der Waals surface area contributed by atoms with E-state index < -0.39 is 0 Å². The van der Waals surface area contributed by atoms with Crippen LogP contribution in [0, 0.1) is 13.8 Å². The average molecular weight is 416 g/mol. The smallest absolute Gasteiger partial charge is 0.179 e. The molecule has 0 N–H and O–H groups in total. The number of aromatic nitrogens is 5. The van der Waals surface area contributed by atoms with Gasteiger partial charge in [-0.3, -0.25) is 9.97 Å². The topological polar surface area (TPSA) is 64.5 Å². The molecule has 0 unspecified atom stereocenters. The van der Waals surface area contributed by atoms with E-state index in [0.717, 1.165) is 59.1 Å². The van der Waals surface area contributed by atoms with Gasteiger partial charge < -0.3 is 0 Å². The molecule has 0 spiro atoms. The van der Waals surface area contributed by atoms with Crippen molar-refractivity contribution in [1.82, 2.24) is 24.9 Å². The Bertz CT molecular complexity index is 1160. The van der Waals surface area contributed by atoms with E-state index in [1.807, 2.05) is 62.4 Å². The van der Waals surface area contributed by atoms with Crippen LogP contribution in [0.1, 0.15) is 29.2 Å². The molecule has 4 heterocycles. The first-order valence-corrected chi connectivity index (χ1v) is 10.3. The average Bonchev–Trinajstić information content (AvgIpc) is 2.74. The van der Waals surface area contributed by atoms with Crippen LogP contribution in [0.4, 0.5) is 0 Å². The van der Waals surface area contributed by atoms with Gasteiger partial charge in [0, 0.05) is 22.8 Å². The van der Waals surface area contributed by atoms with Gasteiger partial charge in [0.05, 0.1) is 11.4 Å². The standard InChI is InChI=1S/C24H22ClN5/c1-16-7-3-12-20(26-16)21-13-5-10-18(28-21)8-4-9-19-11-6-14-22(29-19)24-27-17(2)15-23(25)30-24/h3,5-7,10-15H,4,8-9H2,1-2H3. The fourth-order valence-corrected chi connectivity index (χ4v) is 3.52. The normalized spacial score (nSPS) is 10.9. The predicted molar refractivity (Wildman–Crippen MR) is 119 cm³/mol. The minimum atomic E-state index is 0.429. The Labute approximate surface area is 181 Å². The van der Waals surface area contributed by atoms with Crippen molar-refractivity contribution in [3.8, 4) is 22.9 Å². The number of rotatable bonds is 6. The van der Waals surface area contributed by atoms with E-state index in [1.165, 1.54) is 0 Å². The highest BCUT2D eigenvalue weighted by Crippen LogP contribution is 2.18. The molecule has 0 aliphatic rings. The van der Waals surface area contributed by atoms with Crippen molar-refractivity contribution in [3.05, 3.63) is 88.6 Å². The molecule has 4 aromatic rings. The van der Waals surface area contributed by atoms with E-state index in [0.29, 0.717) is 11.0 Å². The van der Waals surface area contributed by atoms with E-state index >= 15 is 0 Å². The van der Waals surface area contributed by atoms with E-state index in [4.69, 9.17) is 21.6 Å². The molecule has 0 amide bonds. The van der Waals surface area contributed by atoms with Crippen molar-refractivity contribution < 1.29 is 0 Å². The zero-order chi connectivity index (χ0) is 20.9. The Hall–Kier alpha value is -3.18. The lowest BCUT2D eigenvalue weighted by Gasteiger charge is -2.07. The summed E-state index contributed by atoms with van der Waals surface area (Å²) in [6, 6.07) is 19.8. The number of pyridine rings is 3. The number of nitrogens with zero attached hydrogens (tertiary/aromatic N) is 5. The molecular weight excluding hydrogens is 394 g/mol. The summed E-state index contributed by atoms with van der Waals surface area (Å²) >= 11 is 6.07. The summed E-state index contributed by atoms with van der Waals surface area (Å²) in [5.74, 6) is 0.557. The van der Waals surface area contributed by atoms with Crippen LogP contribution in [0.25, 0.3) is 22.9 Å². The quantitative estimate of drug-likeness (QED) is 0.392. The summed E-state index contributed by atoms with van der Waals surface area (Å²) in [5, 5.41) is 0.429. The Kier molecular flexibility index (Phi) is 6.10. The van der Waals surface area contributed by atoms with Crippen LogP contribution in [0.5, 0.6) is 0 Å². The number of halogens is 1. The number of hydrogen-bond acceptors (Lipinski definition) is 5. The van der Waals surface area contributed by atoms with E-state index in [2.05, 4.69) is 21.0 Å². The maximum atomic E-state index is 6.07. The van der Waals surface area contributed by atoms with Gasteiger partial charge in [-0.05, 0) is 75.6 Å². The molecule has 0 aliphatic heterocycles. The summed E-state index contributed by atoms with van der Waals surface area (Å²) in [6.45, 7) is 3.89. The van der Waals surface area contributed by atoms with Crippen molar-refractivity contribution >= 4 is 11.6 Å². The molecule has 0 saturated heterocycles.